The van der Waals surface area contributed by atoms with Crippen molar-refractivity contribution in [2.75, 3.05) is 0 Å². The normalized spacial score (nSPS) is 19.2. The Labute approximate surface area is 60.4 Å². The Bertz CT molecular complexity index is 170. The summed E-state index contributed by atoms with van der Waals surface area (Å²) in [4.78, 5) is 8.19. The molecule has 0 heterocycles. The fraction of sp³-hybridized carbons (Fsp3) is 0. The van der Waals surface area contributed by atoms with E-state index in [0.717, 1.165) is 0 Å². The standard InChI is InChI=1S/H4O9P2/c1-6-8-10(3)9-11(4,5)7-2/h1-2,10H,(H,4,5). The Balaban J connectivity index is 3.84. The topological polar surface area (TPSA) is 132 Å². The van der Waals surface area contributed by atoms with E-state index in [-0.39, 0.29) is 0 Å². The zero-order chi connectivity index (χ0) is 8.91. The summed E-state index contributed by atoms with van der Waals surface area (Å²) in [7, 11) is -8.32. The number of hydrogen-bond acceptors (Lipinski definition) is 8. The molecule has 2 unspecified atom stereocenters. The van der Waals surface area contributed by atoms with E-state index in [1.54, 1.807) is 0 Å². The Kier molecular flexibility index (Phi) is 5.02. The summed E-state index contributed by atoms with van der Waals surface area (Å²) in [6.45, 7) is 0. The summed E-state index contributed by atoms with van der Waals surface area (Å²) in [5.41, 5.74) is 0. The lowest BCUT2D eigenvalue weighted by Crippen LogP contribution is -1.86. The van der Waals surface area contributed by atoms with E-state index in [1.165, 1.54) is 0 Å². The largest absolute Gasteiger partial charge is 0.506 e. The zero-order valence-corrected chi connectivity index (χ0v) is 6.63. The molecule has 0 amide bonds. The van der Waals surface area contributed by atoms with Crippen LogP contribution in [0.5, 0.6) is 0 Å². The van der Waals surface area contributed by atoms with E-state index in [4.69, 9.17) is 15.4 Å². The van der Waals surface area contributed by atoms with Gasteiger partial charge in [-0.2, -0.15) is 0 Å². The molecule has 9 nitrogen and oxygen atoms in total. The van der Waals surface area contributed by atoms with Crippen LogP contribution in [0.4, 0.5) is 0 Å². The SMILES string of the molecule is O=[PH](OOO)OP(=O)(O)OO. The summed E-state index contributed by atoms with van der Waals surface area (Å²) in [6.07, 6.45) is 0. The molecular weight excluding hydrogens is 206 g/mol. The summed E-state index contributed by atoms with van der Waals surface area (Å²) in [5.74, 6) is 0. The highest BCUT2D eigenvalue weighted by molar-refractivity contribution is 7.55. The Morgan fingerprint density at radius 3 is 2.27 bits per heavy atom. The van der Waals surface area contributed by atoms with Crippen LogP contribution in [0.1, 0.15) is 0 Å². The average molecular weight is 210 g/mol. The predicted octanol–water partition coefficient (Wildman–Crippen LogP) is 0.404. The number of phosphoric acid groups is 1. The highest BCUT2D eigenvalue weighted by atomic mass is 31.2. The second-order valence-corrected chi connectivity index (χ2v) is 3.55. The first-order valence-electron chi connectivity index (χ1n) is 1.89. The quantitative estimate of drug-likeness (QED) is 0.335. The molecular formula is H4O9P2. The minimum absolute atomic E-state index is 2.83. The van der Waals surface area contributed by atoms with Gasteiger partial charge in [0.2, 0.25) is 0 Å². The molecule has 68 valence electrons. The van der Waals surface area contributed by atoms with Crippen LogP contribution in [0.15, 0.2) is 0 Å². The van der Waals surface area contributed by atoms with Crippen LogP contribution in [0.3, 0.4) is 0 Å². The van der Waals surface area contributed by atoms with Gasteiger partial charge < -0.3 is 4.89 Å². The average Bonchev–Trinajstić information content (AvgIpc) is 1.87. The zero-order valence-electron chi connectivity index (χ0n) is 4.74. The third-order valence-corrected chi connectivity index (χ3v) is 2.33. The summed E-state index contributed by atoms with van der Waals surface area (Å²) in [6, 6.07) is 0. The first-order valence-corrected chi connectivity index (χ1v) is 4.61. The van der Waals surface area contributed by atoms with Crippen molar-refractivity contribution in [2.45, 2.75) is 0 Å². The molecule has 0 aliphatic rings. The fourth-order valence-corrected chi connectivity index (χ4v) is 1.23. The van der Waals surface area contributed by atoms with E-state index < -0.39 is 16.1 Å². The van der Waals surface area contributed by atoms with Crippen molar-refractivity contribution in [3.8, 4) is 0 Å². The Morgan fingerprint density at radius 1 is 1.36 bits per heavy atom. The first kappa shape index (κ1) is 11.2. The van der Waals surface area contributed by atoms with Crippen molar-refractivity contribution in [1.82, 2.24) is 0 Å². The molecule has 0 aromatic rings. The van der Waals surface area contributed by atoms with Crippen LogP contribution in [0.25, 0.3) is 0 Å². The van der Waals surface area contributed by atoms with E-state index in [1.807, 2.05) is 0 Å². The summed E-state index contributed by atoms with van der Waals surface area (Å²) < 4.78 is 30.0. The molecule has 0 saturated carbocycles. The maximum absolute atomic E-state index is 10.1. The van der Waals surface area contributed by atoms with E-state index in [2.05, 4.69) is 18.7 Å². The van der Waals surface area contributed by atoms with Crippen molar-refractivity contribution in [2.24, 2.45) is 0 Å². The first-order chi connectivity index (χ1) is 5.02. The minimum Gasteiger partial charge on any atom is -0.301 e. The molecule has 0 radical (unpaired) electrons. The Hall–Kier alpha value is 0.180. The lowest BCUT2D eigenvalue weighted by Gasteiger charge is -2.03. The van der Waals surface area contributed by atoms with Crippen molar-refractivity contribution < 1.29 is 43.2 Å². The molecule has 0 aromatic carbocycles. The second-order valence-electron chi connectivity index (χ2n) is 1.05. The molecule has 2 atom stereocenters. The van der Waals surface area contributed by atoms with Gasteiger partial charge >= 0.3 is 16.1 Å². The van der Waals surface area contributed by atoms with E-state index in [9.17, 15) is 9.13 Å². The Morgan fingerprint density at radius 2 is 1.91 bits per heavy atom. The molecule has 0 aliphatic heterocycles. The lowest BCUT2D eigenvalue weighted by atomic mass is 14.6. The molecule has 3 N–H and O–H groups in total. The molecule has 0 spiro atoms. The summed E-state index contributed by atoms with van der Waals surface area (Å²) in [5, 5.41) is 17.9. The van der Waals surface area contributed by atoms with Gasteiger partial charge in [0.25, 0.3) is 0 Å². The fourth-order valence-electron chi connectivity index (χ4n) is 0.157. The van der Waals surface area contributed by atoms with E-state index in [0.29, 0.717) is 0 Å². The number of rotatable bonds is 5. The van der Waals surface area contributed by atoms with Crippen LogP contribution in [0.2, 0.25) is 0 Å². The molecule has 0 fully saturated rings. The highest BCUT2D eigenvalue weighted by Crippen LogP contribution is 2.51. The molecule has 11 heteroatoms. The third-order valence-electron chi connectivity index (χ3n) is 0.398. The maximum Gasteiger partial charge on any atom is 0.506 e. The van der Waals surface area contributed by atoms with Crippen LogP contribution in [-0.4, -0.2) is 15.4 Å². The van der Waals surface area contributed by atoms with Gasteiger partial charge in [-0.1, -0.05) is 5.04 Å². The van der Waals surface area contributed by atoms with Crippen molar-refractivity contribution in [1.29, 1.82) is 0 Å². The molecule has 0 bridgehead atoms. The molecule has 0 aromatic heterocycles. The van der Waals surface area contributed by atoms with Crippen molar-refractivity contribution in [3.63, 3.8) is 0 Å². The van der Waals surface area contributed by atoms with E-state index >= 15 is 0 Å². The van der Waals surface area contributed by atoms with Gasteiger partial charge in [0.1, 0.15) is 0 Å². The third kappa shape index (κ3) is 5.45. The van der Waals surface area contributed by atoms with Gasteiger partial charge in [0.05, 0.1) is 0 Å². The monoisotopic (exact) mass is 210 g/mol. The molecule has 0 saturated heterocycles. The smallest absolute Gasteiger partial charge is 0.301 e. The molecule has 11 heavy (non-hydrogen) atoms. The van der Waals surface area contributed by atoms with Crippen molar-refractivity contribution in [3.05, 3.63) is 0 Å². The highest BCUT2D eigenvalue weighted by Gasteiger charge is 2.25. The van der Waals surface area contributed by atoms with Crippen LogP contribution >= 0.6 is 16.1 Å². The maximum atomic E-state index is 10.1. The van der Waals surface area contributed by atoms with Gasteiger partial charge in [-0.3, -0.25) is 4.57 Å². The van der Waals surface area contributed by atoms with Gasteiger partial charge in [-0.15, -0.1) is 9.35 Å². The molecule has 0 aliphatic carbocycles. The molecule has 0 rings (SSSR count). The van der Waals surface area contributed by atoms with Gasteiger partial charge in [0, 0.05) is 0 Å². The lowest BCUT2D eigenvalue weighted by molar-refractivity contribution is -0.439. The van der Waals surface area contributed by atoms with Gasteiger partial charge in [-0.05, 0) is 0 Å². The van der Waals surface area contributed by atoms with Crippen LogP contribution in [0, 0.1) is 0 Å². The van der Waals surface area contributed by atoms with Crippen LogP contribution in [-0.2, 0) is 27.8 Å². The summed E-state index contributed by atoms with van der Waals surface area (Å²) >= 11 is 0. The second kappa shape index (κ2) is 4.94. The van der Waals surface area contributed by atoms with Gasteiger partial charge in [0.15, 0.2) is 0 Å². The van der Waals surface area contributed by atoms with Gasteiger partial charge in [-0.25, -0.2) is 19.4 Å². The van der Waals surface area contributed by atoms with Crippen molar-refractivity contribution >= 4 is 16.1 Å². The number of hydrogen-bond donors (Lipinski definition) is 3. The van der Waals surface area contributed by atoms with Crippen LogP contribution < -0.4 is 0 Å². The minimum atomic E-state index is -4.79. The predicted molar refractivity (Wildman–Crippen MR) is 28.4 cm³/mol.